The summed E-state index contributed by atoms with van der Waals surface area (Å²) in [5.41, 5.74) is 0.520. The molecule has 0 N–H and O–H groups in total. The van der Waals surface area contributed by atoms with Gasteiger partial charge in [-0.1, -0.05) is 24.3 Å². The van der Waals surface area contributed by atoms with E-state index in [1.54, 1.807) is 24.3 Å². The van der Waals surface area contributed by atoms with Crippen LogP contribution in [0.5, 0.6) is 0 Å². The summed E-state index contributed by atoms with van der Waals surface area (Å²) in [6.07, 6.45) is 6.26. The van der Waals surface area contributed by atoms with E-state index in [-0.39, 0.29) is 41.2 Å². The summed E-state index contributed by atoms with van der Waals surface area (Å²) in [5.74, 6) is -0.0504. The van der Waals surface area contributed by atoms with E-state index in [1.165, 1.54) is 18.3 Å². The van der Waals surface area contributed by atoms with E-state index in [0.29, 0.717) is 17.1 Å². The van der Waals surface area contributed by atoms with Gasteiger partial charge in [-0.15, -0.1) is 0 Å². The van der Waals surface area contributed by atoms with E-state index in [9.17, 15) is 19.7 Å². The Bertz CT molecular complexity index is 1040. The topological polar surface area (TPSA) is 106 Å². The number of non-ortho nitro benzene ring substituents is 1. The lowest BCUT2D eigenvalue weighted by Crippen LogP contribution is -2.28. The van der Waals surface area contributed by atoms with Crippen molar-refractivity contribution in [2.75, 3.05) is 0 Å². The fourth-order valence-corrected chi connectivity index (χ4v) is 4.47. The summed E-state index contributed by atoms with van der Waals surface area (Å²) in [4.78, 5) is 35.6. The summed E-state index contributed by atoms with van der Waals surface area (Å²) in [6, 6.07) is 9.38. The van der Waals surface area contributed by atoms with E-state index in [4.69, 9.17) is 4.42 Å². The van der Waals surface area contributed by atoms with Crippen molar-refractivity contribution in [1.29, 1.82) is 0 Å². The number of furan rings is 1. The highest BCUT2D eigenvalue weighted by Gasteiger charge is 2.59. The largest absolute Gasteiger partial charge is 0.455 e. The van der Waals surface area contributed by atoms with E-state index in [0.717, 1.165) is 11.4 Å². The van der Waals surface area contributed by atoms with Gasteiger partial charge in [0.2, 0.25) is 0 Å². The number of nitrogens with zero attached hydrogens (tertiary/aromatic N) is 3. The molecule has 1 aliphatic heterocycles. The van der Waals surface area contributed by atoms with Gasteiger partial charge in [-0.05, 0) is 30.4 Å². The summed E-state index contributed by atoms with van der Waals surface area (Å²) in [7, 11) is 0. The quantitative estimate of drug-likeness (QED) is 0.268. The van der Waals surface area contributed by atoms with Crippen LogP contribution in [0.25, 0.3) is 11.3 Å². The molecule has 2 bridgehead atoms. The van der Waals surface area contributed by atoms with Crippen molar-refractivity contribution in [1.82, 2.24) is 5.01 Å². The number of rotatable bonds is 4. The molecule has 2 heterocycles. The Balaban J connectivity index is 1.36. The van der Waals surface area contributed by atoms with Gasteiger partial charge >= 0.3 is 0 Å². The Labute approximate surface area is 159 Å². The first-order chi connectivity index (χ1) is 13.5. The second-order valence-corrected chi connectivity index (χ2v) is 7.24. The SMILES string of the molecule is O=C1[C@H]2[C@H](C(=O)N1/N=C\c1ccc(-c3cccc([N+](=O)[O-])c3)o1)[C@H]1C=C[C@H]2C1. The highest BCUT2D eigenvalue weighted by Crippen LogP contribution is 2.52. The number of carbonyl (C=O) groups excluding carboxylic acids is 2. The van der Waals surface area contributed by atoms with Crippen LogP contribution in [-0.2, 0) is 9.59 Å². The first kappa shape index (κ1) is 16.6. The van der Waals surface area contributed by atoms with Gasteiger partial charge in [-0.2, -0.15) is 10.1 Å². The second kappa shape index (κ2) is 5.98. The average molecular weight is 377 g/mol. The van der Waals surface area contributed by atoms with Gasteiger partial charge in [0.1, 0.15) is 11.5 Å². The molecule has 28 heavy (non-hydrogen) atoms. The molecule has 0 radical (unpaired) electrons. The predicted octanol–water partition coefficient (Wildman–Crippen LogP) is 3.00. The molecule has 2 aromatic rings. The minimum Gasteiger partial charge on any atom is -0.455 e. The smallest absolute Gasteiger partial charge is 0.270 e. The Morgan fingerprint density at radius 2 is 1.82 bits per heavy atom. The molecule has 1 saturated carbocycles. The molecule has 140 valence electrons. The van der Waals surface area contributed by atoms with Gasteiger partial charge in [-0.3, -0.25) is 19.7 Å². The van der Waals surface area contributed by atoms with Gasteiger partial charge in [0.05, 0.1) is 23.0 Å². The van der Waals surface area contributed by atoms with Crippen LogP contribution in [0.2, 0.25) is 0 Å². The zero-order valence-corrected chi connectivity index (χ0v) is 14.6. The van der Waals surface area contributed by atoms with Crippen LogP contribution in [0, 0.1) is 33.8 Å². The number of fused-ring (bicyclic) bond motifs is 5. The van der Waals surface area contributed by atoms with E-state index in [2.05, 4.69) is 5.10 Å². The van der Waals surface area contributed by atoms with Crippen molar-refractivity contribution in [3.05, 3.63) is 64.4 Å². The molecule has 4 atom stereocenters. The van der Waals surface area contributed by atoms with Crippen LogP contribution in [-0.4, -0.2) is 28.0 Å². The average Bonchev–Trinajstić information content (AvgIpc) is 3.46. The van der Waals surface area contributed by atoms with Gasteiger partial charge in [0.25, 0.3) is 17.5 Å². The number of hydrazone groups is 1. The van der Waals surface area contributed by atoms with Crippen molar-refractivity contribution in [2.45, 2.75) is 6.42 Å². The molecule has 8 heteroatoms. The zero-order chi connectivity index (χ0) is 19.4. The van der Waals surface area contributed by atoms with E-state index >= 15 is 0 Å². The normalized spacial score (nSPS) is 27.9. The molecule has 2 fully saturated rings. The third-order valence-corrected chi connectivity index (χ3v) is 5.72. The van der Waals surface area contributed by atoms with Crippen LogP contribution in [0.3, 0.4) is 0 Å². The van der Waals surface area contributed by atoms with E-state index < -0.39 is 4.92 Å². The minimum atomic E-state index is -0.474. The number of hydrogen-bond acceptors (Lipinski definition) is 6. The van der Waals surface area contributed by atoms with Gasteiger partial charge in [0.15, 0.2) is 0 Å². The molecule has 5 rings (SSSR count). The molecule has 2 aliphatic carbocycles. The molecule has 0 unspecified atom stereocenters. The van der Waals surface area contributed by atoms with Gasteiger partial charge in [-0.25, -0.2) is 0 Å². The molecule has 0 spiro atoms. The molecule has 8 nitrogen and oxygen atoms in total. The molecule has 1 aromatic carbocycles. The van der Waals surface area contributed by atoms with Crippen molar-refractivity contribution in [3.63, 3.8) is 0 Å². The fraction of sp³-hybridized carbons (Fsp3) is 0.250. The third-order valence-electron chi connectivity index (χ3n) is 5.72. The predicted molar refractivity (Wildman–Crippen MR) is 98.0 cm³/mol. The highest BCUT2D eigenvalue weighted by molar-refractivity contribution is 6.06. The minimum absolute atomic E-state index is 0.0350. The summed E-state index contributed by atoms with van der Waals surface area (Å²) in [5, 5.41) is 15.9. The van der Waals surface area contributed by atoms with Crippen LogP contribution < -0.4 is 0 Å². The number of amides is 2. The van der Waals surface area contributed by atoms with Crippen LogP contribution in [0.1, 0.15) is 12.2 Å². The number of nitro benzene ring substituents is 1. The number of benzene rings is 1. The molecule has 1 saturated heterocycles. The maximum atomic E-state index is 12.6. The van der Waals surface area contributed by atoms with Crippen LogP contribution >= 0.6 is 0 Å². The molecule has 1 aromatic heterocycles. The lowest BCUT2D eigenvalue weighted by molar-refractivity contribution is -0.384. The summed E-state index contributed by atoms with van der Waals surface area (Å²) < 4.78 is 5.65. The lowest BCUT2D eigenvalue weighted by Gasteiger charge is -2.13. The first-order valence-electron chi connectivity index (χ1n) is 8.98. The Morgan fingerprint density at radius 3 is 2.50 bits per heavy atom. The van der Waals surface area contributed by atoms with Crippen molar-refractivity contribution in [2.24, 2.45) is 28.8 Å². The zero-order valence-electron chi connectivity index (χ0n) is 14.6. The van der Waals surface area contributed by atoms with Crippen molar-refractivity contribution < 1.29 is 18.9 Å². The summed E-state index contributed by atoms with van der Waals surface area (Å²) in [6.45, 7) is 0. The first-order valence-corrected chi connectivity index (χ1v) is 8.98. The van der Waals surface area contributed by atoms with Crippen molar-refractivity contribution >= 4 is 23.7 Å². The fourth-order valence-electron chi connectivity index (χ4n) is 4.47. The van der Waals surface area contributed by atoms with Gasteiger partial charge in [0, 0.05) is 17.7 Å². The summed E-state index contributed by atoms with van der Waals surface area (Å²) >= 11 is 0. The number of nitro groups is 1. The lowest BCUT2D eigenvalue weighted by atomic mass is 9.85. The molecular formula is C20H15N3O5. The number of allylic oxidation sites excluding steroid dienone is 2. The van der Waals surface area contributed by atoms with E-state index in [1.807, 2.05) is 12.2 Å². The Hall–Kier alpha value is -3.55. The molecule has 2 amide bonds. The maximum Gasteiger partial charge on any atom is 0.270 e. The number of imide groups is 1. The van der Waals surface area contributed by atoms with Gasteiger partial charge < -0.3 is 4.42 Å². The maximum absolute atomic E-state index is 12.6. The van der Waals surface area contributed by atoms with Crippen LogP contribution in [0.4, 0.5) is 5.69 Å². The highest BCUT2D eigenvalue weighted by atomic mass is 16.6. The van der Waals surface area contributed by atoms with Crippen molar-refractivity contribution in [3.8, 4) is 11.3 Å². The second-order valence-electron chi connectivity index (χ2n) is 7.24. The number of carbonyl (C=O) groups is 2. The van der Waals surface area contributed by atoms with Crippen LogP contribution in [0.15, 0.2) is 58.1 Å². The number of hydrogen-bond donors (Lipinski definition) is 0. The molecule has 3 aliphatic rings. The third kappa shape index (κ3) is 2.41. The Kier molecular flexibility index (Phi) is 3.55. The Morgan fingerprint density at radius 1 is 1.11 bits per heavy atom. The standard InChI is InChI=1S/C20H15N3O5/c24-19-17-12-4-5-13(8-12)18(17)20(25)22(19)21-10-15-6-7-16(28-15)11-2-1-3-14(9-11)23(26)27/h1-7,9-10,12-13,17-18H,8H2/b21-10-/t12-,13-,17+,18+/m0/s1. The molecular weight excluding hydrogens is 362 g/mol. The monoisotopic (exact) mass is 377 g/mol.